The number of imide groups is 1. The van der Waals surface area contributed by atoms with Crippen LogP contribution in [0.5, 0.6) is 0 Å². The number of nitrogens with one attached hydrogen (secondary N) is 1. The molecule has 0 fully saturated rings. The molecule has 0 saturated carbocycles. The van der Waals surface area contributed by atoms with Crippen molar-refractivity contribution in [3.05, 3.63) is 98.7 Å². The lowest BCUT2D eigenvalue weighted by atomic mass is 10.0. The van der Waals surface area contributed by atoms with Crippen molar-refractivity contribution in [1.29, 1.82) is 0 Å². The van der Waals surface area contributed by atoms with E-state index in [1.54, 1.807) is 18.2 Å². The van der Waals surface area contributed by atoms with Crippen molar-refractivity contribution < 1.29 is 9.59 Å². The van der Waals surface area contributed by atoms with Gasteiger partial charge in [-0.25, -0.2) is 4.90 Å². The highest BCUT2D eigenvalue weighted by Crippen LogP contribution is 2.39. The predicted molar refractivity (Wildman–Crippen MR) is 127 cm³/mol. The van der Waals surface area contributed by atoms with Gasteiger partial charge in [-0.05, 0) is 61.7 Å². The van der Waals surface area contributed by atoms with Crippen molar-refractivity contribution in [2.24, 2.45) is 0 Å². The lowest BCUT2D eigenvalue weighted by molar-refractivity contribution is -0.120. The molecule has 0 bridgehead atoms. The molecule has 3 aromatic carbocycles. The Morgan fingerprint density at radius 1 is 0.774 bits per heavy atom. The molecule has 0 radical (unpaired) electrons. The smallest absolute Gasteiger partial charge is 0.282 e. The Bertz CT molecular complexity index is 1230. The topological polar surface area (TPSA) is 49.4 Å². The van der Waals surface area contributed by atoms with E-state index in [9.17, 15) is 9.59 Å². The van der Waals surface area contributed by atoms with Crippen LogP contribution in [0.2, 0.25) is 10.0 Å². The van der Waals surface area contributed by atoms with E-state index >= 15 is 0 Å². The molecule has 31 heavy (non-hydrogen) atoms. The van der Waals surface area contributed by atoms with Crippen molar-refractivity contribution in [2.45, 2.75) is 20.8 Å². The molecule has 3 aromatic rings. The van der Waals surface area contributed by atoms with E-state index in [2.05, 4.69) is 5.32 Å². The Balaban J connectivity index is 1.86. The van der Waals surface area contributed by atoms with Crippen molar-refractivity contribution >= 4 is 52.0 Å². The summed E-state index contributed by atoms with van der Waals surface area (Å²) in [6.45, 7) is 5.92. The van der Waals surface area contributed by atoms with Gasteiger partial charge in [0.25, 0.3) is 11.8 Å². The molecular formula is C25H20Cl2N2O2. The van der Waals surface area contributed by atoms with E-state index in [0.717, 1.165) is 27.3 Å². The maximum atomic E-state index is 13.5. The molecule has 1 N–H and O–H groups in total. The first-order valence-electron chi connectivity index (χ1n) is 9.75. The lowest BCUT2D eigenvalue weighted by Gasteiger charge is -2.17. The average molecular weight is 451 g/mol. The minimum atomic E-state index is -0.482. The second kappa shape index (κ2) is 8.22. The van der Waals surface area contributed by atoms with Crippen LogP contribution in [0.4, 0.5) is 11.4 Å². The summed E-state index contributed by atoms with van der Waals surface area (Å²) in [5.41, 5.74) is 5.28. The molecule has 4 nitrogen and oxygen atoms in total. The summed E-state index contributed by atoms with van der Waals surface area (Å²) in [5.74, 6) is -0.936. The van der Waals surface area contributed by atoms with E-state index in [-0.39, 0.29) is 21.4 Å². The van der Waals surface area contributed by atoms with Gasteiger partial charge < -0.3 is 5.32 Å². The van der Waals surface area contributed by atoms with E-state index in [4.69, 9.17) is 23.2 Å². The largest absolute Gasteiger partial charge is 0.350 e. The molecule has 4 rings (SSSR count). The van der Waals surface area contributed by atoms with Crippen molar-refractivity contribution in [3.8, 4) is 0 Å². The normalized spacial score (nSPS) is 13.9. The summed E-state index contributed by atoms with van der Waals surface area (Å²) in [6, 6.07) is 18.3. The van der Waals surface area contributed by atoms with Crippen LogP contribution < -0.4 is 10.2 Å². The number of aryl methyl sites for hydroxylation is 3. The van der Waals surface area contributed by atoms with Crippen LogP contribution in [0.1, 0.15) is 22.3 Å². The zero-order chi connectivity index (χ0) is 22.3. The molecule has 0 aromatic heterocycles. The monoisotopic (exact) mass is 450 g/mol. The van der Waals surface area contributed by atoms with Crippen molar-refractivity contribution in [3.63, 3.8) is 0 Å². The summed E-state index contributed by atoms with van der Waals surface area (Å²) in [7, 11) is 0. The van der Waals surface area contributed by atoms with E-state index in [1.807, 2.05) is 63.2 Å². The lowest BCUT2D eigenvalue weighted by Crippen LogP contribution is -2.32. The van der Waals surface area contributed by atoms with Gasteiger partial charge in [0.15, 0.2) is 0 Å². The third-order valence-corrected chi connectivity index (χ3v) is 5.90. The second-order valence-corrected chi connectivity index (χ2v) is 8.42. The standard InChI is InChI=1S/C25H20Cl2N2O2/c1-14-7-9-17(10-8-14)21-23(28-18-12-15(2)11-16(3)13-18)25(31)29(24(21)30)20-6-4-5-19(26)22(20)27/h4-13,28H,1-3H3. The van der Waals surface area contributed by atoms with Gasteiger partial charge in [-0.2, -0.15) is 0 Å². The Kier molecular flexibility index (Phi) is 5.61. The third kappa shape index (κ3) is 3.97. The molecular weight excluding hydrogens is 431 g/mol. The number of anilines is 2. The molecule has 156 valence electrons. The summed E-state index contributed by atoms with van der Waals surface area (Å²) in [6.07, 6.45) is 0. The first kappa shape index (κ1) is 21.2. The highest BCUT2D eigenvalue weighted by Gasteiger charge is 2.41. The first-order valence-corrected chi connectivity index (χ1v) is 10.5. The van der Waals surface area contributed by atoms with Crippen molar-refractivity contribution in [2.75, 3.05) is 10.2 Å². The molecule has 0 atom stereocenters. The number of benzene rings is 3. The van der Waals surface area contributed by atoms with Crippen LogP contribution in [0.15, 0.2) is 66.4 Å². The van der Waals surface area contributed by atoms with Gasteiger partial charge >= 0.3 is 0 Å². The molecule has 0 unspecified atom stereocenters. The minimum absolute atomic E-state index is 0.154. The van der Waals surface area contributed by atoms with Crippen LogP contribution in [0.25, 0.3) is 5.57 Å². The van der Waals surface area contributed by atoms with Gasteiger partial charge in [-0.1, -0.05) is 65.2 Å². The maximum Gasteiger partial charge on any atom is 0.282 e. The van der Waals surface area contributed by atoms with Gasteiger partial charge in [-0.15, -0.1) is 0 Å². The molecule has 6 heteroatoms. The van der Waals surface area contributed by atoms with Crippen LogP contribution in [0, 0.1) is 20.8 Å². The van der Waals surface area contributed by atoms with E-state index < -0.39 is 11.8 Å². The first-order chi connectivity index (χ1) is 14.8. The number of rotatable bonds is 4. The average Bonchev–Trinajstić information content (AvgIpc) is 2.94. The third-order valence-electron chi connectivity index (χ3n) is 5.09. The van der Waals surface area contributed by atoms with E-state index in [1.165, 1.54) is 0 Å². The number of carbonyl (C=O) groups is 2. The Morgan fingerprint density at radius 3 is 2.06 bits per heavy atom. The number of hydrogen-bond donors (Lipinski definition) is 1. The minimum Gasteiger partial charge on any atom is -0.350 e. The van der Waals surface area contributed by atoms with Crippen LogP contribution in [0.3, 0.4) is 0 Å². The summed E-state index contributed by atoms with van der Waals surface area (Å²) >= 11 is 12.5. The molecule has 0 aliphatic carbocycles. The number of halogens is 2. The number of amides is 2. The maximum absolute atomic E-state index is 13.5. The van der Waals surface area contributed by atoms with Gasteiger partial charge in [-0.3, -0.25) is 9.59 Å². The van der Waals surface area contributed by atoms with Crippen molar-refractivity contribution in [1.82, 2.24) is 0 Å². The molecule has 0 saturated heterocycles. The molecule has 1 aliphatic heterocycles. The molecule has 1 heterocycles. The summed E-state index contributed by atoms with van der Waals surface area (Å²) < 4.78 is 0. The SMILES string of the molecule is Cc1ccc(C2=C(Nc3cc(C)cc(C)c3)C(=O)N(c3cccc(Cl)c3Cl)C2=O)cc1. The fourth-order valence-electron chi connectivity index (χ4n) is 3.71. The van der Waals surface area contributed by atoms with Crippen LogP contribution in [-0.4, -0.2) is 11.8 Å². The molecule has 0 spiro atoms. The van der Waals surface area contributed by atoms with Gasteiger partial charge in [0.05, 0.1) is 21.3 Å². The number of nitrogens with zero attached hydrogens (tertiary/aromatic N) is 1. The highest BCUT2D eigenvalue weighted by atomic mass is 35.5. The summed E-state index contributed by atoms with van der Waals surface area (Å²) in [4.78, 5) is 28.1. The van der Waals surface area contributed by atoms with Gasteiger partial charge in [0.2, 0.25) is 0 Å². The Morgan fingerprint density at radius 2 is 1.42 bits per heavy atom. The highest BCUT2D eigenvalue weighted by molar-refractivity contribution is 6.50. The summed E-state index contributed by atoms with van der Waals surface area (Å²) in [5, 5.41) is 3.62. The predicted octanol–water partition coefficient (Wildman–Crippen LogP) is 6.32. The van der Waals surface area contributed by atoms with Crippen LogP contribution >= 0.6 is 23.2 Å². The Hall–Kier alpha value is -3.08. The zero-order valence-electron chi connectivity index (χ0n) is 17.3. The quantitative estimate of drug-likeness (QED) is 0.473. The second-order valence-electron chi connectivity index (χ2n) is 7.64. The van der Waals surface area contributed by atoms with Gasteiger partial charge in [0, 0.05) is 5.69 Å². The molecule has 1 aliphatic rings. The zero-order valence-corrected chi connectivity index (χ0v) is 18.8. The van der Waals surface area contributed by atoms with E-state index in [0.29, 0.717) is 11.1 Å². The fourth-order valence-corrected chi connectivity index (χ4v) is 4.09. The fraction of sp³-hybridized carbons (Fsp3) is 0.120. The Labute approximate surface area is 191 Å². The molecule has 2 amide bonds. The van der Waals surface area contributed by atoms with Crippen LogP contribution in [-0.2, 0) is 9.59 Å². The van der Waals surface area contributed by atoms with Gasteiger partial charge in [0.1, 0.15) is 5.70 Å². The number of hydrogen-bond acceptors (Lipinski definition) is 3. The number of carbonyl (C=O) groups excluding carboxylic acids is 2.